The van der Waals surface area contributed by atoms with Crippen molar-refractivity contribution in [2.24, 2.45) is 0 Å². The highest BCUT2D eigenvalue weighted by atomic mass is 19.1. The SMILES string of the molecule is O=C(NCCc1ccccc1F)c1ccon1. The number of hydrogen-bond donors (Lipinski definition) is 1. The van der Waals surface area contributed by atoms with Gasteiger partial charge in [0.15, 0.2) is 5.69 Å². The number of benzene rings is 1. The molecule has 2 aromatic rings. The molecule has 1 N–H and O–H groups in total. The van der Waals surface area contributed by atoms with Gasteiger partial charge in [-0.2, -0.15) is 0 Å². The maximum Gasteiger partial charge on any atom is 0.273 e. The van der Waals surface area contributed by atoms with E-state index in [4.69, 9.17) is 0 Å². The third kappa shape index (κ3) is 2.90. The van der Waals surface area contributed by atoms with Crippen LogP contribution in [0.5, 0.6) is 0 Å². The fraction of sp³-hybridized carbons (Fsp3) is 0.167. The van der Waals surface area contributed by atoms with Crippen LogP contribution < -0.4 is 5.32 Å². The zero-order valence-corrected chi connectivity index (χ0v) is 9.02. The number of nitrogens with zero attached hydrogens (tertiary/aromatic N) is 1. The smallest absolute Gasteiger partial charge is 0.273 e. The molecule has 1 heterocycles. The largest absolute Gasteiger partial charge is 0.364 e. The summed E-state index contributed by atoms with van der Waals surface area (Å²) in [7, 11) is 0. The molecule has 0 saturated heterocycles. The first-order valence-corrected chi connectivity index (χ1v) is 5.19. The number of nitrogens with one attached hydrogen (secondary N) is 1. The van der Waals surface area contributed by atoms with E-state index < -0.39 is 0 Å². The molecule has 0 radical (unpaired) electrons. The molecule has 0 aliphatic carbocycles. The highest BCUT2D eigenvalue weighted by Crippen LogP contribution is 2.06. The summed E-state index contributed by atoms with van der Waals surface area (Å²) in [6.07, 6.45) is 1.77. The van der Waals surface area contributed by atoms with E-state index >= 15 is 0 Å². The number of hydrogen-bond acceptors (Lipinski definition) is 3. The topological polar surface area (TPSA) is 55.1 Å². The van der Waals surface area contributed by atoms with Crippen molar-refractivity contribution in [3.8, 4) is 0 Å². The Bertz CT molecular complexity index is 497. The highest BCUT2D eigenvalue weighted by molar-refractivity contribution is 5.91. The van der Waals surface area contributed by atoms with Gasteiger partial charge in [-0.15, -0.1) is 0 Å². The molecule has 0 fully saturated rings. The molecule has 5 heteroatoms. The molecule has 2 rings (SSSR count). The van der Waals surface area contributed by atoms with Crippen molar-refractivity contribution < 1.29 is 13.7 Å². The summed E-state index contributed by atoms with van der Waals surface area (Å²) in [6.45, 7) is 0.354. The molecule has 0 aliphatic rings. The van der Waals surface area contributed by atoms with Gasteiger partial charge < -0.3 is 9.84 Å². The van der Waals surface area contributed by atoms with Crippen molar-refractivity contribution >= 4 is 5.91 Å². The number of carbonyl (C=O) groups is 1. The second kappa shape index (κ2) is 5.25. The van der Waals surface area contributed by atoms with Crippen LogP contribution in [0.2, 0.25) is 0 Å². The van der Waals surface area contributed by atoms with E-state index in [-0.39, 0.29) is 17.4 Å². The summed E-state index contributed by atoms with van der Waals surface area (Å²) in [4.78, 5) is 11.5. The van der Waals surface area contributed by atoms with Gasteiger partial charge in [-0.25, -0.2) is 4.39 Å². The van der Waals surface area contributed by atoms with Crippen molar-refractivity contribution in [3.05, 3.63) is 53.7 Å². The van der Waals surface area contributed by atoms with Gasteiger partial charge in [-0.1, -0.05) is 23.4 Å². The summed E-state index contributed by atoms with van der Waals surface area (Å²) >= 11 is 0. The number of carbonyl (C=O) groups excluding carboxylic acids is 1. The Hall–Kier alpha value is -2.17. The molecule has 0 aliphatic heterocycles. The van der Waals surface area contributed by atoms with Crippen LogP contribution in [0.4, 0.5) is 4.39 Å². The van der Waals surface area contributed by atoms with Gasteiger partial charge in [0.1, 0.15) is 12.1 Å². The van der Waals surface area contributed by atoms with Gasteiger partial charge in [0, 0.05) is 12.6 Å². The van der Waals surface area contributed by atoms with Crippen molar-refractivity contribution in [1.29, 1.82) is 0 Å². The first-order chi connectivity index (χ1) is 8.27. The maximum atomic E-state index is 13.2. The molecule has 1 aromatic carbocycles. The normalized spacial score (nSPS) is 10.2. The summed E-state index contributed by atoms with van der Waals surface area (Å²) < 4.78 is 17.8. The van der Waals surface area contributed by atoms with Gasteiger partial charge in [0.05, 0.1) is 0 Å². The molecule has 88 valence electrons. The molecule has 0 atom stereocenters. The standard InChI is InChI=1S/C12H11FN2O2/c13-10-4-2-1-3-9(10)5-7-14-12(16)11-6-8-17-15-11/h1-4,6,8H,5,7H2,(H,14,16). The second-order valence-corrected chi connectivity index (χ2v) is 3.48. The monoisotopic (exact) mass is 234 g/mol. The molecule has 17 heavy (non-hydrogen) atoms. The molecule has 0 bridgehead atoms. The number of halogens is 1. The Labute approximate surface area is 97.4 Å². The minimum absolute atomic E-state index is 0.221. The maximum absolute atomic E-state index is 13.2. The highest BCUT2D eigenvalue weighted by Gasteiger charge is 2.08. The molecule has 4 nitrogen and oxygen atoms in total. The van der Waals surface area contributed by atoms with E-state index in [0.29, 0.717) is 18.5 Å². The summed E-state index contributed by atoms with van der Waals surface area (Å²) in [5.41, 5.74) is 0.798. The van der Waals surface area contributed by atoms with Crippen molar-refractivity contribution in [2.45, 2.75) is 6.42 Å². The molecule has 0 saturated carbocycles. The van der Waals surface area contributed by atoms with Gasteiger partial charge in [-0.05, 0) is 18.1 Å². The third-order valence-corrected chi connectivity index (χ3v) is 2.31. The Morgan fingerprint density at radius 1 is 1.35 bits per heavy atom. The van der Waals surface area contributed by atoms with Crippen molar-refractivity contribution in [3.63, 3.8) is 0 Å². The molecular formula is C12H11FN2O2. The fourth-order valence-electron chi connectivity index (χ4n) is 1.43. The predicted octanol–water partition coefficient (Wildman–Crippen LogP) is 1.79. The Morgan fingerprint density at radius 3 is 2.88 bits per heavy atom. The predicted molar refractivity (Wildman–Crippen MR) is 58.9 cm³/mol. The minimum atomic E-state index is -0.324. The summed E-state index contributed by atoms with van der Waals surface area (Å²) in [5.74, 6) is -0.585. The van der Waals surface area contributed by atoms with Crippen LogP contribution in [0.15, 0.2) is 41.1 Å². The number of rotatable bonds is 4. The van der Waals surface area contributed by atoms with Crippen LogP contribution in [0.3, 0.4) is 0 Å². The Morgan fingerprint density at radius 2 is 2.18 bits per heavy atom. The lowest BCUT2D eigenvalue weighted by atomic mass is 10.1. The number of amides is 1. The molecule has 0 unspecified atom stereocenters. The van der Waals surface area contributed by atoms with E-state index in [1.54, 1.807) is 18.2 Å². The summed E-state index contributed by atoms with van der Waals surface area (Å²) in [6, 6.07) is 7.95. The van der Waals surface area contributed by atoms with Crippen LogP contribution in [0.25, 0.3) is 0 Å². The lowest BCUT2D eigenvalue weighted by Gasteiger charge is -2.04. The summed E-state index contributed by atoms with van der Waals surface area (Å²) in [5, 5.41) is 6.13. The molecular weight excluding hydrogens is 223 g/mol. The van der Waals surface area contributed by atoms with E-state index in [9.17, 15) is 9.18 Å². The lowest BCUT2D eigenvalue weighted by molar-refractivity contribution is 0.0945. The third-order valence-electron chi connectivity index (χ3n) is 2.31. The lowest BCUT2D eigenvalue weighted by Crippen LogP contribution is -2.26. The average Bonchev–Trinajstić information content (AvgIpc) is 2.85. The Kier molecular flexibility index (Phi) is 3.49. The van der Waals surface area contributed by atoms with E-state index in [2.05, 4.69) is 15.0 Å². The van der Waals surface area contributed by atoms with E-state index in [1.807, 2.05) is 0 Å². The van der Waals surface area contributed by atoms with E-state index in [1.165, 1.54) is 18.4 Å². The van der Waals surface area contributed by atoms with Crippen LogP contribution >= 0.6 is 0 Å². The van der Waals surface area contributed by atoms with E-state index in [0.717, 1.165) is 0 Å². The fourth-order valence-corrected chi connectivity index (χ4v) is 1.43. The van der Waals surface area contributed by atoms with Gasteiger partial charge >= 0.3 is 0 Å². The van der Waals surface area contributed by atoms with Gasteiger partial charge in [-0.3, -0.25) is 4.79 Å². The number of aromatic nitrogens is 1. The van der Waals surface area contributed by atoms with Crippen molar-refractivity contribution in [1.82, 2.24) is 10.5 Å². The van der Waals surface area contributed by atoms with Crippen LogP contribution in [-0.4, -0.2) is 17.6 Å². The second-order valence-electron chi connectivity index (χ2n) is 3.48. The van der Waals surface area contributed by atoms with Crippen molar-refractivity contribution in [2.75, 3.05) is 6.54 Å². The first-order valence-electron chi connectivity index (χ1n) is 5.19. The average molecular weight is 234 g/mol. The van der Waals surface area contributed by atoms with Gasteiger partial charge in [0.25, 0.3) is 5.91 Å². The zero-order chi connectivity index (χ0) is 12.1. The first kappa shape index (κ1) is 11.3. The Balaban J connectivity index is 1.84. The molecule has 1 aromatic heterocycles. The van der Waals surface area contributed by atoms with Crippen LogP contribution in [0, 0.1) is 5.82 Å². The molecule has 0 spiro atoms. The quantitative estimate of drug-likeness (QED) is 0.877. The zero-order valence-electron chi connectivity index (χ0n) is 9.02. The van der Waals surface area contributed by atoms with Crippen LogP contribution in [0.1, 0.15) is 16.1 Å². The van der Waals surface area contributed by atoms with Crippen LogP contribution in [-0.2, 0) is 6.42 Å². The minimum Gasteiger partial charge on any atom is -0.364 e. The van der Waals surface area contributed by atoms with Gasteiger partial charge in [0.2, 0.25) is 0 Å². The molecule has 1 amide bonds.